The largest absolute Gasteiger partial charge is 0.507 e. The lowest BCUT2D eigenvalue weighted by Crippen LogP contribution is -2.15. The molecule has 28 heavy (non-hydrogen) atoms. The van der Waals surface area contributed by atoms with Gasteiger partial charge in [-0.25, -0.2) is 18.0 Å². The number of hydrogen-bond acceptors (Lipinski definition) is 4. The first-order valence-electron chi connectivity index (χ1n) is 7.81. The zero-order chi connectivity index (χ0) is 20.6. The van der Waals surface area contributed by atoms with E-state index >= 15 is 0 Å². The van der Waals surface area contributed by atoms with Gasteiger partial charge in [-0.2, -0.15) is 0 Å². The van der Waals surface area contributed by atoms with E-state index in [0.29, 0.717) is 0 Å². The van der Waals surface area contributed by atoms with Gasteiger partial charge in [-0.1, -0.05) is 18.2 Å². The molecule has 0 spiro atoms. The van der Waals surface area contributed by atoms with Gasteiger partial charge in [0.2, 0.25) is 0 Å². The molecule has 0 saturated heterocycles. The average molecular weight is 407 g/mol. The zero-order valence-corrected chi connectivity index (χ0v) is 15.0. The van der Waals surface area contributed by atoms with Crippen molar-refractivity contribution in [1.29, 1.82) is 0 Å². The Balaban J connectivity index is 2.07. The van der Waals surface area contributed by atoms with E-state index in [9.17, 15) is 33.0 Å². The number of aromatic hydroxyl groups is 1. The Morgan fingerprint density at radius 3 is 2.36 bits per heavy atom. The summed E-state index contributed by atoms with van der Waals surface area (Å²) in [6.07, 6.45) is 0. The maximum absolute atomic E-state index is 14.3. The number of thiophene rings is 1. The summed E-state index contributed by atoms with van der Waals surface area (Å²) in [5.74, 6) is -6.53. The smallest absolute Gasteiger partial charge is 0.339 e. The molecular weight excluding hydrogens is 395 g/mol. The number of halogens is 3. The van der Waals surface area contributed by atoms with Gasteiger partial charge in [0.25, 0.3) is 5.91 Å². The SMILES string of the molecule is Cc1ccc(-c2csc(NC(=O)c3c(O)cccc3F)c2C(=O)O)c(F)c1F. The van der Waals surface area contributed by atoms with Crippen molar-refractivity contribution < 1.29 is 33.0 Å². The number of benzene rings is 2. The number of anilines is 1. The standard InChI is InChI=1S/C19H12F3NO4S/c1-8-5-6-9(16(22)15(8)21)10-7-28-18(13(10)19(26)27)23-17(25)14-11(20)3-2-4-12(14)24/h2-7,24H,1H3,(H,23,25)(H,26,27). The van der Waals surface area contributed by atoms with Crippen molar-refractivity contribution in [3.63, 3.8) is 0 Å². The first-order valence-corrected chi connectivity index (χ1v) is 8.69. The monoisotopic (exact) mass is 407 g/mol. The molecule has 0 aliphatic carbocycles. The summed E-state index contributed by atoms with van der Waals surface area (Å²) >= 11 is 0.747. The minimum atomic E-state index is -1.50. The van der Waals surface area contributed by atoms with Gasteiger partial charge in [0.05, 0.1) is 0 Å². The van der Waals surface area contributed by atoms with Crippen LogP contribution >= 0.6 is 11.3 Å². The first-order chi connectivity index (χ1) is 13.2. The highest BCUT2D eigenvalue weighted by Crippen LogP contribution is 2.38. The second-order valence-corrected chi connectivity index (χ2v) is 6.68. The van der Waals surface area contributed by atoms with E-state index in [1.807, 2.05) is 0 Å². The molecule has 3 N–H and O–H groups in total. The van der Waals surface area contributed by atoms with Gasteiger partial charge in [-0.15, -0.1) is 11.3 Å². The lowest BCUT2D eigenvalue weighted by atomic mass is 10.0. The molecular formula is C19H12F3NO4S. The molecule has 0 radical (unpaired) electrons. The Labute approximate surface area is 160 Å². The van der Waals surface area contributed by atoms with Crippen LogP contribution in [0.15, 0.2) is 35.7 Å². The zero-order valence-electron chi connectivity index (χ0n) is 14.2. The van der Waals surface area contributed by atoms with E-state index < -0.39 is 46.2 Å². The molecule has 2 aromatic carbocycles. The van der Waals surface area contributed by atoms with Gasteiger partial charge in [-0.3, -0.25) is 4.79 Å². The molecule has 1 heterocycles. The van der Waals surface area contributed by atoms with Crippen molar-refractivity contribution in [3.05, 3.63) is 69.9 Å². The van der Waals surface area contributed by atoms with Gasteiger partial charge in [-0.05, 0) is 24.6 Å². The number of phenols is 1. The summed E-state index contributed by atoms with van der Waals surface area (Å²) in [6, 6.07) is 5.78. The molecule has 5 nitrogen and oxygen atoms in total. The lowest BCUT2D eigenvalue weighted by Gasteiger charge is -2.09. The van der Waals surface area contributed by atoms with Crippen LogP contribution in [0.5, 0.6) is 5.75 Å². The van der Waals surface area contributed by atoms with Crippen LogP contribution in [0, 0.1) is 24.4 Å². The number of rotatable bonds is 4. The normalized spacial score (nSPS) is 10.7. The Kier molecular flexibility index (Phi) is 5.10. The maximum atomic E-state index is 14.3. The number of aromatic carboxylic acids is 1. The number of carbonyl (C=O) groups is 2. The highest BCUT2D eigenvalue weighted by molar-refractivity contribution is 7.15. The summed E-state index contributed by atoms with van der Waals surface area (Å²) < 4.78 is 42.0. The van der Waals surface area contributed by atoms with Gasteiger partial charge in [0.15, 0.2) is 11.6 Å². The van der Waals surface area contributed by atoms with Gasteiger partial charge in [0.1, 0.15) is 27.7 Å². The molecule has 0 unspecified atom stereocenters. The van der Waals surface area contributed by atoms with Crippen LogP contribution in [0.3, 0.4) is 0 Å². The number of carboxylic acid groups (broad SMARTS) is 1. The number of phenolic OH excluding ortho intramolecular Hbond substituents is 1. The van der Waals surface area contributed by atoms with Gasteiger partial charge >= 0.3 is 5.97 Å². The molecule has 0 aliphatic heterocycles. The molecule has 3 rings (SSSR count). The minimum Gasteiger partial charge on any atom is -0.507 e. The molecule has 3 aromatic rings. The lowest BCUT2D eigenvalue weighted by molar-refractivity contribution is 0.0699. The van der Waals surface area contributed by atoms with Crippen molar-refractivity contribution in [3.8, 4) is 16.9 Å². The third kappa shape index (κ3) is 3.31. The van der Waals surface area contributed by atoms with Crippen LogP contribution in [-0.2, 0) is 0 Å². The number of carboxylic acids is 1. The van der Waals surface area contributed by atoms with Crippen LogP contribution in [-0.4, -0.2) is 22.1 Å². The predicted molar refractivity (Wildman–Crippen MR) is 97.4 cm³/mol. The highest BCUT2D eigenvalue weighted by Gasteiger charge is 2.26. The molecule has 0 fully saturated rings. The Morgan fingerprint density at radius 2 is 1.71 bits per heavy atom. The second kappa shape index (κ2) is 7.35. The van der Waals surface area contributed by atoms with Crippen LogP contribution in [0.1, 0.15) is 26.3 Å². The first kappa shape index (κ1) is 19.4. The van der Waals surface area contributed by atoms with Gasteiger partial charge < -0.3 is 15.5 Å². The van der Waals surface area contributed by atoms with Gasteiger partial charge in [0, 0.05) is 16.5 Å². The topological polar surface area (TPSA) is 86.6 Å². The van der Waals surface area contributed by atoms with Crippen molar-refractivity contribution in [2.75, 3.05) is 5.32 Å². The molecule has 144 valence electrons. The van der Waals surface area contributed by atoms with Crippen molar-refractivity contribution in [1.82, 2.24) is 0 Å². The quantitative estimate of drug-likeness (QED) is 0.580. The minimum absolute atomic E-state index is 0.0527. The fourth-order valence-corrected chi connectivity index (χ4v) is 3.56. The Hall–Kier alpha value is -3.33. The molecule has 0 atom stereocenters. The molecule has 0 bridgehead atoms. The fourth-order valence-electron chi connectivity index (χ4n) is 2.62. The summed E-state index contributed by atoms with van der Waals surface area (Å²) in [4.78, 5) is 24.0. The van der Waals surface area contributed by atoms with Crippen molar-refractivity contribution in [2.45, 2.75) is 6.92 Å². The number of hydrogen-bond donors (Lipinski definition) is 3. The summed E-state index contributed by atoms with van der Waals surface area (Å²) in [6.45, 7) is 1.36. The second-order valence-electron chi connectivity index (χ2n) is 5.80. The Morgan fingerprint density at radius 1 is 1.00 bits per heavy atom. The van der Waals surface area contributed by atoms with E-state index in [1.54, 1.807) is 0 Å². The Bertz CT molecular complexity index is 1090. The number of nitrogens with one attached hydrogen (secondary N) is 1. The molecule has 9 heteroatoms. The molecule has 1 amide bonds. The van der Waals surface area contributed by atoms with Crippen molar-refractivity contribution >= 4 is 28.2 Å². The third-order valence-corrected chi connectivity index (χ3v) is 4.91. The van der Waals surface area contributed by atoms with E-state index in [0.717, 1.165) is 23.5 Å². The third-order valence-electron chi connectivity index (χ3n) is 4.02. The van der Waals surface area contributed by atoms with Crippen LogP contribution < -0.4 is 5.32 Å². The highest BCUT2D eigenvalue weighted by atomic mass is 32.1. The van der Waals surface area contributed by atoms with E-state index in [1.165, 1.54) is 30.5 Å². The van der Waals surface area contributed by atoms with Crippen LogP contribution in [0.25, 0.3) is 11.1 Å². The molecule has 1 aromatic heterocycles. The number of carbonyl (C=O) groups excluding carboxylic acids is 1. The van der Waals surface area contributed by atoms with Crippen LogP contribution in [0.4, 0.5) is 18.2 Å². The predicted octanol–water partition coefficient (Wildman–Crippen LogP) is 4.80. The summed E-state index contributed by atoms with van der Waals surface area (Å²) in [5.41, 5.74) is -1.51. The van der Waals surface area contributed by atoms with E-state index in [2.05, 4.69) is 5.32 Å². The maximum Gasteiger partial charge on any atom is 0.339 e. The fraction of sp³-hybridized carbons (Fsp3) is 0.0526. The van der Waals surface area contributed by atoms with E-state index in [4.69, 9.17) is 0 Å². The average Bonchev–Trinajstić information content (AvgIpc) is 3.03. The number of amides is 1. The van der Waals surface area contributed by atoms with E-state index in [-0.39, 0.29) is 21.7 Å². The summed E-state index contributed by atoms with van der Waals surface area (Å²) in [7, 11) is 0. The molecule has 0 aliphatic rings. The van der Waals surface area contributed by atoms with Crippen molar-refractivity contribution in [2.24, 2.45) is 0 Å². The van der Waals surface area contributed by atoms with Crippen LogP contribution in [0.2, 0.25) is 0 Å². The molecule has 0 saturated carbocycles. The number of aryl methyl sites for hydroxylation is 1. The summed E-state index contributed by atoms with van der Waals surface area (Å²) in [5, 5.41) is 22.4.